The molecule has 0 radical (unpaired) electrons. The molecule has 2 aromatic rings. The SMILES string of the molecule is NCCOc1ccc(F)cc1C(=O)N1CCC2(CCc3c2nc(N)[nH]c3=O)CC1. The average Bonchev–Trinajstić information content (AvgIpc) is 3.05. The van der Waals surface area contributed by atoms with Crippen molar-refractivity contribution in [1.29, 1.82) is 0 Å². The number of nitrogens with zero attached hydrogens (tertiary/aromatic N) is 2. The number of halogens is 1. The molecule has 2 aliphatic rings. The van der Waals surface area contributed by atoms with Gasteiger partial charge in [-0.25, -0.2) is 9.37 Å². The maximum absolute atomic E-state index is 13.8. The van der Waals surface area contributed by atoms with Crippen molar-refractivity contribution in [3.8, 4) is 5.75 Å². The van der Waals surface area contributed by atoms with Crippen LogP contribution in [0.4, 0.5) is 10.3 Å². The highest BCUT2D eigenvalue weighted by atomic mass is 19.1. The number of piperidine rings is 1. The lowest BCUT2D eigenvalue weighted by atomic mass is 9.76. The van der Waals surface area contributed by atoms with Gasteiger partial charge in [0.2, 0.25) is 5.95 Å². The van der Waals surface area contributed by atoms with E-state index in [1.807, 2.05) is 0 Å². The Morgan fingerprint density at radius 1 is 1.31 bits per heavy atom. The van der Waals surface area contributed by atoms with E-state index in [4.69, 9.17) is 16.2 Å². The molecule has 0 bridgehead atoms. The van der Waals surface area contributed by atoms with Crippen LogP contribution in [0.2, 0.25) is 0 Å². The summed E-state index contributed by atoms with van der Waals surface area (Å²) < 4.78 is 19.3. The van der Waals surface area contributed by atoms with Crippen LogP contribution in [0.1, 0.15) is 40.9 Å². The van der Waals surface area contributed by atoms with Gasteiger partial charge >= 0.3 is 0 Å². The zero-order valence-corrected chi connectivity index (χ0v) is 16.0. The molecule has 2 heterocycles. The highest BCUT2D eigenvalue weighted by Gasteiger charge is 2.44. The van der Waals surface area contributed by atoms with E-state index in [1.165, 1.54) is 18.2 Å². The number of carbonyl (C=O) groups excluding carboxylic acids is 1. The Kier molecular flexibility index (Phi) is 4.99. The Hall–Kier alpha value is -2.94. The normalized spacial score (nSPS) is 17.4. The number of anilines is 1. The quantitative estimate of drug-likeness (QED) is 0.700. The van der Waals surface area contributed by atoms with E-state index in [0.717, 1.165) is 12.1 Å². The van der Waals surface area contributed by atoms with E-state index in [1.54, 1.807) is 4.90 Å². The number of ether oxygens (including phenoxy) is 1. The van der Waals surface area contributed by atoms with E-state index in [9.17, 15) is 14.0 Å². The second-order valence-corrected chi connectivity index (χ2v) is 7.63. The van der Waals surface area contributed by atoms with Crippen molar-refractivity contribution in [2.75, 3.05) is 32.0 Å². The van der Waals surface area contributed by atoms with Gasteiger partial charge in [0.05, 0.1) is 11.3 Å². The lowest BCUT2D eigenvalue weighted by Gasteiger charge is -2.39. The number of rotatable bonds is 4. The zero-order valence-electron chi connectivity index (χ0n) is 16.0. The molecule has 1 saturated heterocycles. The number of carbonyl (C=O) groups is 1. The van der Waals surface area contributed by atoms with Gasteiger partial charge in [-0.15, -0.1) is 0 Å². The molecule has 154 valence electrons. The Morgan fingerprint density at radius 3 is 2.79 bits per heavy atom. The third-order valence-electron chi connectivity index (χ3n) is 5.94. The highest BCUT2D eigenvalue weighted by molar-refractivity contribution is 5.97. The van der Waals surface area contributed by atoms with E-state index in [2.05, 4.69) is 9.97 Å². The fourth-order valence-electron chi connectivity index (χ4n) is 4.43. The summed E-state index contributed by atoms with van der Waals surface area (Å²) in [5, 5.41) is 0. The molecule has 8 nitrogen and oxygen atoms in total. The lowest BCUT2D eigenvalue weighted by Crippen LogP contribution is -2.45. The molecule has 1 aliphatic heterocycles. The average molecular weight is 401 g/mol. The first-order valence-corrected chi connectivity index (χ1v) is 9.74. The Morgan fingerprint density at radius 2 is 2.07 bits per heavy atom. The van der Waals surface area contributed by atoms with Crippen molar-refractivity contribution >= 4 is 11.9 Å². The second-order valence-electron chi connectivity index (χ2n) is 7.63. The van der Waals surface area contributed by atoms with Gasteiger partial charge in [0.25, 0.3) is 11.5 Å². The molecule has 5 N–H and O–H groups in total. The summed E-state index contributed by atoms with van der Waals surface area (Å²) in [7, 11) is 0. The van der Waals surface area contributed by atoms with E-state index >= 15 is 0 Å². The number of fused-ring (bicyclic) bond motifs is 2. The summed E-state index contributed by atoms with van der Waals surface area (Å²) in [6.45, 7) is 1.51. The Bertz CT molecular complexity index is 998. The number of aromatic amines is 1. The highest BCUT2D eigenvalue weighted by Crippen LogP contribution is 2.44. The molecule has 1 aromatic heterocycles. The summed E-state index contributed by atoms with van der Waals surface area (Å²) in [5.74, 6) is -0.321. The molecule has 9 heteroatoms. The van der Waals surface area contributed by atoms with E-state index in [-0.39, 0.29) is 35.0 Å². The lowest BCUT2D eigenvalue weighted by molar-refractivity contribution is 0.0659. The number of nitrogens with two attached hydrogens (primary N) is 2. The molecule has 0 unspecified atom stereocenters. The monoisotopic (exact) mass is 401 g/mol. The topological polar surface area (TPSA) is 127 Å². The first-order valence-electron chi connectivity index (χ1n) is 9.74. The predicted octanol–water partition coefficient (Wildman–Crippen LogP) is 0.949. The van der Waals surface area contributed by atoms with Crippen LogP contribution in [0.15, 0.2) is 23.0 Å². The van der Waals surface area contributed by atoms with Gasteiger partial charge in [0.1, 0.15) is 18.2 Å². The van der Waals surface area contributed by atoms with Gasteiger partial charge in [-0.05, 0) is 43.9 Å². The second kappa shape index (κ2) is 7.47. The fourth-order valence-corrected chi connectivity index (χ4v) is 4.43. The van der Waals surface area contributed by atoms with Crippen LogP contribution in [0.5, 0.6) is 5.75 Å². The number of nitrogen functional groups attached to an aromatic ring is 1. The Labute approximate surface area is 167 Å². The summed E-state index contributed by atoms with van der Waals surface area (Å²) in [6, 6.07) is 3.91. The number of nitrogens with one attached hydrogen (secondary N) is 1. The van der Waals surface area contributed by atoms with Gasteiger partial charge in [-0.2, -0.15) is 0 Å². The number of aromatic nitrogens is 2. The van der Waals surface area contributed by atoms with Gasteiger partial charge < -0.3 is 21.1 Å². The number of likely N-dealkylation sites (tertiary alicyclic amines) is 1. The van der Waals surface area contributed by atoms with E-state index in [0.29, 0.717) is 50.2 Å². The third-order valence-corrected chi connectivity index (χ3v) is 5.94. The van der Waals surface area contributed by atoms with Crippen LogP contribution in [0.25, 0.3) is 0 Å². The maximum atomic E-state index is 13.8. The van der Waals surface area contributed by atoms with Gasteiger partial charge in [-0.3, -0.25) is 14.6 Å². The summed E-state index contributed by atoms with van der Waals surface area (Å²) in [5.41, 5.74) is 12.5. The number of hydrogen-bond acceptors (Lipinski definition) is 6. The molecule has 1 fully saturated rings. The minimum atomic E-state index is -0.495. The molecular weight excluding hydrogens is 377 g/mol. The van der Waals surface area contributed by atoms with Gasteiger partial charge in [0, 0.05) is 30.6 Å². The first-order chi connectivity index (χ1) is 13.9. The van der Waals surface area contributed by atoms with Crippen LogP contribution in [-0.4, -0.2) is 47.0 Å². The number of H-pyrrole nitrogens is 1. The maximum Gasteiger partial charge on any atom is 0.257 e. The van der Waals surface area contributed by atoms with Crippen LogP contribution in [-0.2, 0) is 11.8 Å². The van der Waals surface area contributed by atoms with Crippen LogP contribution < -0.4 is 21.8 Å². The minimum Gasteiger partial charge on any atom is -0.491 e. The summed E-state index contributed by atoms with van der Waals surface area (Å²) in [4.78, 5) is 33.9. The number of amides is 1. The van der Waals surface area contributed by atoms with Gasteiger partial charge in [-0.1, -0.05) is 0 Å². The summed E-state index contributed by atoms with van der Waals surface area (Å²) in [6.07, 6.45) is 2.83. The smallest absolute Gasteiger partial charge is 0.257 e. The van der Waals surface area contributed by atoms with Crippen LogP contribution in [0, 0.1) is 5.82 Å². The predicted molar refractivity (Wildman–Crippen MR) is 105 cm³/mol. The van der Waals surface area contributed by atoms with Crippen molar-refractivity contribution in [2.45, 2.75) is 31.1 Å². The molecular formula is C20H24FN5O3. The fraction of sp³-hybridized carbons (Fsp3) is 0.450. The molecule has 29 heavy (non-hydrogen) atoms. The Balaban J connectivity index is 1.54. The first kappa shape index (κ1) is 19.4. The van der Waals surface area contributed by atoms with Crippen LogP contribution in [0.3, 0.4) is 0 Å². The molecule has 1 aromatic carbocycles. The molecule has 1 spiro atoms. The largest absolute Gasteiger partial charge is 0.491 e. The molecule has 0 saturated carbocycles. The molecule has 1 aliphatic carbocycles. The zero-order chi connectivity index (χ0) is 20.6. The van der Waals surface area contributed by atoms with Crippen LogP contribution >= 0.6 is 0 Å². The number of hydrogen-bond donors (Lipinski definition) is 3. The van der Waals surface area contributed by atoms with Gasteiger partial charge in [0.15, 0.2) is 0 Å². The minimum absolute atomic E-state index is 0.120. The summed E-state index contributed by atoms with van der Waals surface area (Å²) >= 11 is 0. The van der Waals surface area contributed by atoms with Crippen molar-refractivity contribution in [3.63, 3.8) is 0 Å². The van der Waals surface area contributed by atoms with Crippen molar-refractivity contribution in [2.24, 2.45) is 5.73 Å². The van der Waals surface area contributed by atoms with E-state index < -0.39 is 5.82 Å². The molecule has 0 atom stereocenters. The third kappa shape index (κ3) is 3.46. The number of benzene rings is 1. The van der Waals surface area contributed by atoms with Crippen molar-refractivity contribution in [1.82, 2.24) is 14.9 Å². The van der Waals surface area contributed by atoms with Crippen molar-refractivity contribution < 1.29 is 13.9 Å². The molecule has 4 rings (SSSR count). The van der Waals surface area contributed by atoms with Crippen molar-refractivity contribution in [3.05, 3.63) is 51.2 Å². The molecule has 1 amide bonds. The standard InChI is InChI=1S/C20H24FN5O3/c21-12-1-2-15(29-10-7-22)14(11-12)18(28)26-8-5-20(6-9-26)4-3-13-16(20)24-19(23)25-17(13)27/h1-2,11H,3-10,22H2,(H3,23,24,25,27).